The van der Waals surface area contributed by atoms with Crippen LogP contribution in [-0.2, 0) is 6.54 Å². The van der Waals surface area contributed by atoms with Crippen LogP contribution in [0, 0.1) is 10.1 Å². The Balaban J connectivity index is 1.61. The molecule has 0 spiro atoms. The maximum Gasteiger partial charge on any atom is 0.291 e. The molecule has 120 valence electrons. The Morgan fingerprint density at radius 3 is 2.52 bits per heavy atom. The molecule has 1 aliphatic heterocycles. The normalized spacial score (nSPS) is 14.8. The number of furan rings is 1. The topological polar surface area (TPSA) is 88.6 Å². The summed E-state index contributed by atoms with van der Waals surface area (Å²) in [6.45, 7) is 2.83. The van der Waals surface area contributed by atoms with Gasteiger partial charge in [0.25, 0.3) is 11.6 Å². The summed E-state index contributed by atoms with van der Waals surface area (Å²) in [5.74, 6) is 0.629. The fourth-order valence-electron chi connectivity index (χ4n) is 2.61. The lowest BCUT2D eigenvalue weighted by Gasteiger charge is -2.11. The molecule has 1 N–H and O–H groups in total. The summed E-state index contributed by atoms with van der Waals surface area (Å²) in [6, 6.07) is 9.12. The van der Waals surface area contributed by atoms with E-state index in [0.29, 0.717) is 12.2 Å². The van der Waals surface area contributed by atoms with E-state index in [1.54, 1.807) is 6.07 Å². The molecule has 7 nitrogen and oxygen atoms in total. The Bertz CT molecular complexity index is 702. The van der Waals surface area contributed by atoms with Crippen molar-refractivity contribution in [2.45, 2.75) is 19.4 Å². The second-order valence-electron chi connectivity index (χ2n) is 5.51. The van der Waals surface area contributed by atoms with Crippen LogP contribution in [0.15, 0.2) is 40.8 Å². The summed E-state index contributed by atoms with van der Waals surface area (Å²) >= 11 is 0. The molecule has 0 radical (unpaired) electrons. The minimum atomic E-state index is -0.483. The van der Waals surface area contributed by atoms with Crippen molar-refractivity contribution in [2.24, 2.45) is 0 Å². The number of carbonyl (C=O) groups excluding carboxylic acids is 1. The fraction of sp³-hybridized carbons (Fsp3) is 0.312. The molecular formula is C16H17N3O4. The van der Waals surface area contributed by atoms with Crippen LogP contribution in [0.5, 0.6) is 0 Å². The van der Waals surface area contributed by atoms with Crippen LogP contribution >= 0.6 is 0 Å². The summed E-state index contributed by atoms with van der Waals surface area (Å²) in [6.07, 6.45) is 2.41. The van der Waals surface area contributed by atoms with E-state index in [4.69, 9.17) is 4.42 Å². The van der Waals surface area contributed by atoms with Crippen LogP contribution in [0.25, 0.3) is 0 Å². The summed E-state index contributed by atoms with van der Waals surface area (Å²) in [5.41, 5.74) is 0.465. The number of likely N-dealkylation sites (tertiary alicyclic amines) is 1. The zero-order valence-corrected chi connectivity index (χ0v) is 12.5. The average molecular weight is 315 g/mol. The van der Waals surface area contributed by atoms with Crippen LogP contribution in [0.2, 0.25) is 0 Å². The summed E-state index contributed by atoms with van der Waals surface area (Å²) in [5, 5.41) is 13.3. The monoisotopic (exact) mass is 315 g/mol. The number of carbonyl (C=O) groups is 1. The number of benzene rings is 1. The second kappa shape index (κ2) is 6.62. The number of hydrogen-bond donors (Lipinski definition) is 1. The number of hydrogen-bond acceptors (Lipinski definition) is 5. The number of amides is 1. The summed E-state index contributed by atoms with van der Waals surface area (Å²) in [7, 11) is 0. The summed E-state index contributed by atoms with van der Waals surface area (Å²) in [4.78, 5) is 24.5. The van der Waals surface area contributed by atoms with Gasteiger partial charge in [-0.1, -0.05) is 0 Å². The molecule has 1 saturated heterocycles. The molecule has 1 aromatic carbocycles. The lowest BCUT2D eigenvalue weighted by atomic mass is 10.3. The van der Waals surface area contributed by atoms with E-state index in [2.05, 4.69) is 10.2 Å². The van der Waals surface area contributed by atoms with E-state index >= 15 is 0 Å². The Labute approximate surface area is 133 Å². The lowest BCUT2D eigenvalue weighted by molar-refractivity contribution is -0.384. The Morgan fingerprint density at radius 2 is 1.87 bits per heavy atom. The number of nitro groups is 1. The molecule has 0 saturated carbocycles. The number of rotatable bonds is 5. The molecule has 1 aromatic heterocycles. The van der Waals surface area contributed by atoms with Crippen molar-refractivity contribution >= 4 is 17.3 Å². The van der Waals surface area contributed by atoms with E-state index in [1.807, 2.05) is 6.07 Å². The highest BCUT2D eigenvalue weighted by Gasteiger charge is 2.16. The van der Waals surface area contributed by atoms with Crippen molar-refractivity contribution in [3.63, 3.8) is 0 Å². The average Bonchev–Trinajstić information content (AvgIpc) is 3.20. The highest BCUT2D eigenvalue weighted by molar-refractivity contribution is 6.02. The fourth-order valence-corrected chi connectivity index (χ4v) is 2.61. The largest absolute Gasteiger partial charge is 0.455 e. The van der Waals surface area contributed by atoms with Crippen molar-refractivity contribution in [1.82, 2.24) is 4.90 Å². The number of nitrogens with zero attached hydrogens (tertiary/aromatic N) is 2. The van der Waals surface area contributed by atoms with Gasteiger partial charge in [-0.15, -0.1) is 0 Å². The molecule has 3 rings (SSSR count). The molecule has 0 aliphatic carbocycles. The first kappa shape index (κ1) is 15.2. The Kier molecular flexibility index (Phi) is 4.38. The third-order valence-electron chi connectivity index (χ3n) is 3.80. The minimum absolute atomic E-state index is 0.0195. The minimum Gasteiger partial charge on any atom is -0.455 e. The molecule has 0 bridgehead atoms. The molecule has 23 heavy (non-hydrogen) atoms. The van der Waals surface area contributed by atoms with E-state index < -0.39 is 4.92 Å². The van der Waals surface area contributed by atoms with Gasteiger partial charge in [-0.25, -0.2) is 0 Å². The van der Waals surface area contributed by atoms with E-state index in [0.717, 1.165) is 18.8 Å². The second-order valence-corrected chi connectivity index (χ2v) is 5.51. The van der Waals surface area contributed by atoms with Crippen LogP contribution in [0.1, 0.15) is 29.2 Å². The maximum absolute atomic E-state index is 12.1. The lowest BCUT2D eigenvalue weighted by Crippen LogP contribution is -2.18. The smallest absolute Gasteiger partial charge is 0.291 e. The van der Waals surface area contributed by atoms with Crippen molar-refractivity contribution in [2.75, 3.05) is 18.4 Å². The SMILES string of the molecule is O=C(Nc1ccc([N+](=O)[O-])cc1)c1ccc(CN2CCCC2)o1. The molecule has 0 atom stereocenters. The highest BCUT2D eigenvalue weighted by atomic mass is 16.6. The Hall–Kier alpha value is -2.67. The third-order valence-corrected chi connectivity index (χ3v) is 3.80. The van der Waals surface area contributed by atoms with E-state index in [1.165, 1.54) is 37.1 Å². The number of nitro benzene ring substituents is 1. The molecule has 1 fully saturated rings. The van der Waals surface area contributed by atoms with Gasteiger partial charge in [0.2, 0.25) is 0 Å². The summed E-state index contributed by atoms with van der Waals surface area (Å²) < 4.78 is 5.58. The van der Waals surface area contributed by atoms with Gasteiger partial charge >= 0.3 is 0 Å². The van der Waals surface area contributed by atoms with Gasteiger partial charge in [-0.3, -0.25) is 19.8 Å². The van der Waals surface area contributed by atoms with Crippen molar-refractivity contribution in [3.05, 3.63) is 58.0 Å². The predicted molar refractivity (Wildman–Crippen MR) is 84.3 cm³/mol. The van der Waals surface area contributed by atoms with E-state index in [-0.39, 0.29) is 17.4 Å². The zero-order chi connectivity index (χ0) is 16.2. The molecule has 1 amide bonds. The van der Waals surface area contributed by atoms with Crippen LogP contribution in [0.4, 0.5) is 11.4 Å². The molecule has 7 heteroatoms. The predicted octanol–water partition coefficient (Wildman–Crippen LogP) is 3.04. The van der Waals surface area contributed by atoms with Crippen molar-refractivity contribution in [1.29, 1.82) is 0 Å². The standard InChI is InChI=1S/C16H17N3O4/c20-16(17-12-3-5-13(6-4-12)19(21)22)15-8-7-14(23-15)11-18-9-1-2-10-18/h3-8H,1-2,9-11H2,(H,17,20). The molecule has 1 aliphatic rings. The number of non-ortho nitro benzene ring substituents is 1. The first-order valence-corrected chi connectivity index (χ1v) is 7.49. The van der Waals surface area contributed by atoms with Crippen LogP contribution in [-0.4, -0.2) is 28.8 Å². The van der Waals surface area contributed by atoms with Crippen LogP contribution < -0.4 is 5.32 Å². The van der Waals surface area contributed by atoms with Gasteiger partial charge in [0, 0.05) is 17.8 Å². The van der Waals surface area contributed by atoms with Gasteiger partial charge < -0.3 is 9.73 Å². The molecule has 2 heterocycles. The molecular weight excluding hydrogens is 298 g/mol. The van der Waals surface area contributed by atoms with E-state index in [9.17, 15) is 14.9 Å². The highest BCUT2D eigenvalue weighted by Crippen LogP contribution is 2.18. The quantitative estimate of drug-likeness (QED) is 0.676. The maximum atomic E-state index is 12.1. The van der Waals surface area contributed by atoms with Crippen molar-refractivity contribution < 1.29 is 14.1 Å². The van der Waals surface area contributed by atoms with Crippen LogP contribution in [0.3, 0.4) is 0 Å². The van der Waals surface area contributed by atoms with Gasteiger partial charge in [0.15, 0.2) is 5.76 Å². The van der Waals surface area contributed by atoms with Gasteiger partial charge in [-0.2, -0.15) is 0 Å². The van der Waals surface area contributed by atoms with Gasteiger partial charge in [-0.05, 0) is 50.2 Å². The molecule has 2 aromatic rings. The van der Waals surface area contributed by atoms with Gasteiger partial charge in [0.05, 0.1) is 11.5 Å². The first-order chi connectivity index (χ1) is 11.1. The first-order valence-electron chi connectivity index (χ1n) is 7.49. The number of nitrogens with one attached hydrogen (secondary N) is 1. The molecule has 0 unspecified atom stereocenters. The van der Waals surface area contributed by atoms with Crippen molar-refractivity contribution in [3.8, 4) is 0 Å². The van der Waals surface area contributed by atoms with Gasteiger partial charge in [0.1, 0.15) is 5.76 Å². The third kappa shape index (κ3) is 3.75. The number of anilines is 1. The Morgan fingerprint density at radius 1 is 1.17 bits per heavy atom. The zero-order valence-electron chi connectivity index (χ0n) is 12.5.